The Balaban J connectivity index is 1.80. The van der Waals surface area contributed by atoms with E-state index in [-0.39, 0.29) is 5.60 Å². The van der Waals surface area contributed by atoms with E-state index in [4.69, 9.17) is 27.9 Å². The largest absolute Gasteiger partial charge is 0.370 e. The third-order valence-electron chi connectivity index (χ3n) is 3.50. The molecule has 0 bridgehead atoms. The van der Waals surface area contributed by atoms with Crippen LogP contribution in [0, 0.1) is 0 Å². The van der Waals surface area contributed by atoms with E-state index in [2.05, 4.69) is 4.90 Å². The first-order valence-electron chi connectivity index (χ1n) is 5.53. The molecule has 2 heterocycles. The summed E-state index contributed by atoms with van der Waals surface area (Å²) in [5.74, 6) is 0. The van der Waals surface area contributed by atoms with Gasteiger partial charge in [-0.2, -0.15) is 0 Å². The van der Waals surface area contributed by atoms with Crippen LogP contribution in [0.2, 0.25) is 10.0 Å². The Morgan fingerprint density at radius 2 is 1.88 bits per heavy atom. The van der Waals surface area contributed by atoms with Crippen LogP contribution in [0.15, 0.2) is 18.2 Å². The molecule has 3 rings (SSSR count). The van der Waals surface area contributed by atoms with Crippen molar-refractivity contribution in [3.8, 4) is 0 Å². The summed E-state index contributed by atoms with van der Waals surface area (Å²) < 4.78 is 5.49. The average molecular weight is 258 g/mol. The van der Waals surface area contributed by atoms with Crippen molar-refractivity contribution >= 4 is 28.9 Å². The van der Waals surface area contributed by atoms with Crippen molar-refractivity contribution in [3.05, 3.63) is 28.2 Å². The van der Waals surface area contributed by atoms with Gasteiger partial charge in [-0.25, -0.2) is 0 Å². The molecule has 0 aromatic heterocycles. The van der Waals surface area contributed by atoms with Crippen LogP contribution in [0.3, 0.4) is 0 Å². The van der Waals surface area contributed by atoms with Gasteiger partial charge in [-0.15, -0.1) is 0 Å². The summed E-state index contributed by atoms with van der Waals surface area (Å²) >= 11 is 12.2. The molecule has 2 aliphatic rings. The Morgan fingerprint density at radius 3 is 2.50 bits per heavy atom. The maximum atomic E-state index is 6.21. The summed E-state index contributed by atoms with van der Waals surface area (Å²) in [6.07, 6.45) is 2.19. The van der Waals surface area contributed by atoms with Crippen LogP contribution in [0.4, 0.5) is 5.69 Å². The quantitative estimate of drug-likeness (QED) is 0.718. The standard InChI is InChI=1S/C12H13Cl2NO/c13-9-2-1-3-10(11(9)14)15-6-4-12(5-7-15)8-16-12/h1-3H,4-8H2. The van der Waals surface area contributed by atoms with E-state index in [1.165, 1.54) is 0 Å². The second-order valence-electron chi connectivity index (χ2n) is 4.53. The van der Waals surface area contributed by atoms with Crippen LogP contribution in [0.25, 0.3) is 0 Å². The van der Waals surface area contributed by atoms with Gasteiger partial charge in [0.05, 0.1) is 27.9 Å². The molecule has 0 unspecified atom stereocenters. The van der Waals surface area contributed by atoms with E-state index in [0.717, 1.165) is 38.2 Å². The predicted octanol–water partition coefficient (Wildman–Crippen LogP) is 3.36. The fourth-order valence-corrected chi connectivity index (χ4v) is 2.70. The topological polar surface area (TPSA) is 15.8 Å². The molecule has 0 saturated carbocycles. The molecule has 4 heteroatoms. The Morgan fingerprint density at radius 1 is 1.19 bits per heavy atom. The van der Waals surface area contributed by atoms with Gasteiger partial charge < -0.3 is 9.64 Å². The molecule has 86 valence electrons. The van der Waals surface area contributed by atoms with Crippen molar-refractivity contribution in [2.75, 3.05) is 24.6 Å². The lowest BCUT2D eigenvalue weighted by Gasteiger charge is -2.32. The van der Waals surface area contributed by atoms with Gasteiger partial charge in [0.1, 0.15) is 0 Å². The Hall–Kier alpha value is -0.440. The molecule has 1 aromatic carbocycles. The molecule has 16 heavy (non-hydrogen) atoms. The predicted molar refractivity (Wildman–Crippen MR) is 66.6 cm³/mol. The van der Waals surface area contributed by atoms with Crippen molar-refractivity contribution < 1.29 is 4.74 Å². The van der Waals surface area contributed by atoms with Crippen LogP contribution in [0.5, 0.6) is 0 Å². The van der Waals surface area contributed by atoms with Gasteiger partial charge in [0.25, 0.3) is 0 Å². The third kappa shape index (κ3) is 1.79. The summed E-state index contributed by atoms with van der Waals surface area (Å²) in [5.41, 5.74) is 1.26. The first-order valence-corrected chi connectivity index (χ1v) is 6.29. The smallest absolute Gasteiger partial charge is 0.0950 e. The lowest BCUT2D eigenvalue weighted by molar-refractivity contribution is 0.259. The van der Waals surface area contributed by atoms with E-state index in [1.807, 2.05) is 18.2 Å². The molecule has 2 saturated heterocycles. The van der Waals surface area contributed by atoms with Gasteiger partial charge in [-0.1, -0.05) is 29.3 Å². The monoisotopic (exact) mass is 257 g/mol. The van der Waals surface area contributed by atoms with Gasteiger partial charge in [0.2, 0.25) is 0 Å². The Kier molecular flexibility index (Phi) is 2.54. The van der Waals surface area contributed by atoms with Crippen LogP contribution >= 0.6 is 23.2 Å². The van der Waals surface area contributed by atoms with Crippen molar-refractivity contribution in [3.63, 3.8) is 0 Å². The van der Waals surface area contributed by atoms with E-state index < -0.39 is 0 Å². The van der Waals surface area contributed by atoms with E-state index in [1.54, 1.807) is 0 Å². The minimum Gasteiger partial charge on any atom is -0.370 e. The molecule has 2 aliphatic heterocycles. The molecule has 0 aliphatic carbocycles. The van der Waals surface area contributed by atoms with E-state index in [0.29, 0.717) is 10.0 Å². The average Bonchev–Trinajstić information content (AvgIpc) is 3.04. The lowest BCUT2D eigenvalue weighted by Crippen LogP contribution is -2.37. The summed E-state index contributed by atoms with van der Waals surface area (Å²) in [7, 11) is 0. The number of ether oxygens (including phenoxy) is 1. The zero-order valence-corrected chi connectivity index (χ0v) is 10.4. The Bertz CT molecular complexity index is 407. The number of epoxide rings is 1. The maximum absolute atomic E-state index is 6.21. The number of anilines is 1. The third-order valence-corrected chi connectivity index (χ3v) is 4.31. The molecular formula is C12H13Cl2NO. The molecule has 0 amide bonds. The molecule has 0 atom stereocenters. The summed E-state index contributed by atoms with van der Waals surface area (Å²) in [5, 5.41) is 1.29. The zero-order chi connectivity index (χ0) is 11.2. The SMILES string of the molecule is Clc1cccc(N2CCC3(CC2)CO3)c1Cl. The highest BCUT2D eigenvalue weighted by Gasteiger charge is 2.46. The highest BCUT2D eigenvalue weighted by atomic mass is 35.5. The number of benzene rings is 1. The number of hydrogen-bond acceptors (Lipinski definition) is 2. The van der Waals surface area contributed by atoms with Gasteiger partial charge in [-0.05, 0) is 25.0 Å². The summed E-state index contributed by atoms with van der Waals surface area (Å²) in [4.78, 5) is 2.29. The van der Waals surface area contributed by atoms with Crippen LogP contribution in [-0.4, -0.2) is 25.3 Å². The van der Waals surface area contributed by atoms with Crippen LogP contribution < -0.4 is 4.90 Å². The van der Waals surface area contributed by atoms with Gasteiger partial charge in [0.15, 0.2) is 0 Å². The molecule has 2 fully saturated rings. The highest BCUT2D eigenvalue weighted by molar-refractivity contribution is 6.43. The van der Waals surface area contributed by atoms with Crippen molar-refractivity contribution in [1.82, 2.24) is 0 Å². The molecule has 2 nitrogen and oxygen atoms in total. The van der Waals surface area contributed by atoms with Crippen LogP contribution in [0.1, 0.15) is 12.8 Å². The second-order valence-corrected chi connectivity index (χ2v) is 5.32. The highest BCUT2D eigenvalue weighted by Crippen LogP contribution is 2.41. The van der Waals surface area contributed by atoms with E-state index >= 15 is 0 Å². The molecule has 1 spiro atoms. The first kappa shape index (κ1) is 10.7. The number of halogens is 2. The van der Waals surface area contributed by atoms with Crippen molar-refractivity contribution in [1.29, 1.82) is 0 Å². The summed E-state index contributed by atoms with van der Waals surface area (Å²) in [6, 6.07) is 5.80. The molecule has 0 N–H and O–H groups in total. The second kappa shape index (κ2) is 3.80. The Labute approximate surface area is 105 Å². The van der Waals surface area contributed by atoms with Crippen LogP contribution in [-0.2, 0) is 4.74 Å². The number of rotatable bonds is 1. The fraction of sp³-hybridized carbons (Fsp3) is 0.500. The van der Waals surface area contributed by atoms with Gasteiger partial charge in [-0.3, -0.25) is 0 Å². The van der Waals surface area contributed by atoms with Gasteiger partial charge >= 0.3 is 0 Å². The summed E-state index contributed by atoms with van der Waals surface area (Å²) in [6.45, 7) is 2.93. The van der Waals surface area contributed by atoms with Gasteiger partial charge in [0, 0.05) is 13.1 Å². The molecular weight excluding hydrogens is 245 g/mol. The minimum atomic E-state index is 0.210. The molecule has 0 radical (unpaired) electrons. The zero-order valence-electron chi connectivity index (χ0n) is 8.88. The van der Waals surface area contributed by atoms with Crippen molar-refractivity contribution in [2.24, 2.45) is 0 Å². The number of nitrogens with zero attached hydrogens (tertiary/aromatic N) is 1. The number of piperidine rings is 1. The normalized spacial score (nSPS) is 22.5. The minimum absolute atomic E-state index is 0.210. The van der Waals surface area contributed by atoms with Crippen molar-refractivity contribution in [2.45, 2.75) is 18.4 Å². The fourth-order valence-electron chi connectivity index (χ4n) is 2.28. The molecule has 1 aromatic rings. The first-order chi connectivity index (χ1) is 7.70. The maximum Gasteiger partial charge on any atom is 0.0950 e. The van der Waals surface area contributed by atoms with E-state index in [9.17, 15) is 0 Å². The number of hydrogen-bond donors (Lipinski definition) is 0. The lowest BCUT2D eigenvalue weighted by atomic mass is 9.97.